The van der Waals surface area contributed by atoms with Crippen LogP contribution < -0.4 is 4.90 Å². The Labute approximate surface area is 193 Å². The molecule has 1 aliphatic rings. The lowest BCUT2D eigenvalue weighted by atomic mass is 10.1. The van der Waals surface area contributed by atoms with Gasteiger partial charge in [-0.3, -0.25) is 14.3 Å². The quantitative estimate of drug-likeness (QED) is 0.456. The van der Waals surface area contributed by atoms with Crippen LogP contribution in [0.4, 0.5) is 5.69 Å². The number of benzene rings is 3. The van der Waals surface area contributed by atoms with E-state index in [2.05, 4.69) is 17.2 Å². The van der Waals surface area contributed by atoms with Gasteiger partial charge in [0.05, 0.1) is 24.3 Å². The van der Waals surface area contributed by atoms with Gasteiger partial charge in [0.1, 0.15) is 0 Å². The number of carbonyl (C=O) groups is 2. The second kappa shape index (κ2) is 8.90. The van der Waals surface area contributed by atoms with E-state index < -0.39 is 0 Å². The molecule has 1 aromatic heterocycles. The van der Waals surface area contributed by atoms with E-state index in [9.17, 15) is 9.59 Å². The van der Waals surface area contributed by atoms with Crippen molar-refractivity contribution in [2.45, 2.75) is 19.5 Å². The van der Waals surface area contributed by atoms with Gasteiger partial charge >= 0.3 is 0 Å². The fourth-order valence-corrected chi connectivity index (χ4v) is 4.56. The van der Waals surface area contributed by atoms with E-state index in [0.29, 0.717) is 19.6 Å². The van der Waals surface area contributed by atoms with Crippen molar-refractivity contribution in [1.29, 1.82) is 0 Å². The van der Waals surface area contributed by atoms with Crippen molar-refractivity contribution in [3.05, 3.63) is 96.3 Å². The zero-order chi connectivity index (χ0) is 22.8. The van der Waals surface area contributed by atoms with Crippen molar-refractivity contribution in [3.63, 3.8) is 0 Å². The molecule has 166 valence electrons. The SMILES string of the molecule is CN(Cc1cnn(Cc2ccccc2)c1)C(=O)[C@@H]1CC(=O)N(c2cccc3ccccc23)C1. The van der Waals surface area contributed by atoms with E-state index in [1.165, 1.54) is 5.56 Å². The molecule has 1 saturated heterocycles. The molecular formula is C27H26N4O2. The largest absolute Gasteiger partial charge is 0.341 e. The molecule has 1 atom stereocenters. The minimum absolute atomic E-state index is 0.00576. The molecule has 33 heavy (non-hydrogen) atoms. The number of carbonyl (C=O) groups excluding carboxylic acids is 2. The van der Waals surface area contributed by atoms with Crippen LogP contribution in [-0.4, -0.2) is 40.1 Å². The first-order chi connectivity index (χ1) is 16.1. The van der Waals surface area contributed by atoms with E-state index in [1.807, 2.05) is 71.5 Å². The fraction of sp³-hybridized carbons (Fsp3) is 0.222. The van der Waals surface area contributed by atoms with Gasteiger partial charge in [0.2, 0.25) is 11.8 Å². The molecule has 5 rings (SSSR count). The van der Waals surface area contributed by atoms with Gasteiger partial charge in [-0.25, -0.2) is 0 Å². The number of hydrogen-bond acceptors (Lipinski definition) is 3. The highest BCUT2D eigenvalue weighted by atomic mass is 16.2. The van der Waals surface area contributed by atoms with Crippen LogP contribution in [0.5, 0.6) is 0 Å². The Bertz CT molecular complexity index is 1290. The first-order valence-corrected chi connectivity index (χ1v) is 11.2. The van der Waals surface area contributed by atoms with Gasteiger partial charge < -0.3 is 9.80 Å². The molecule has 0 bridgehead atoms. The number of nitrogens with zero attached hydrogens (tertiary/aromatic N) is 4. The Morgan fingerprint density at radius 3 is 2.61 bits per heavy atom. The molecule has 0 saturated carbocycles. The standard InChI is InChI=1S/C27H26N4O2/c1-29(16-21-15-28-30(18-21)17-20-8-3-2-4-9-20)27(33)23-14-26(32)31(19-23)25-13-7-11-22-10-5-6-12-24(22)25/h2-13,15,18,23H,14,16-17,19H2,1H3/t23-/m1/s1. The van der Waals surface area contributed by atoms with Gasteiger partial charge in [-0.05, 0) is 17.0 Å². The molecule has 0 unspecified atom stereocenters. The fourth-order valence-electron chi connectivity index (χ4n) is 4.56. The van der Waals surface area contributed by atoms with Gasteiger partial charge in [-0.15, -0.1) is 0 Å². The van der Waals surface area contributed by atoms with E-state index in [-0.39, 0.29) is 24.2 Å². The van der Waals surface area contributed by atoms with Gasteiger partial charge in [0, 0.05) is 43.7 Å². The van der Waals surface area contributed by atoms with Crippen molar-refractivity contribution in [3.8, 4) is 0 Å². The number of hydrogen-bond donors (Lipinski definition) is 0. The van der Waals surface area contributed by atoms with E-state index >= 15 is 0 Å². The Hall–Kier alpha value is -3.93. The van der Waals surface area contributed by atoms with Crippen molar-refractivity contribution >= 4 is 28.3 Å². The minimum atomic E-state index is -0.346. The lowest BCUT2D eigenvalue weighted by molar-refractivity contribution is -0.135. The molecule has 1 aliphatic heterocycles. The Morgan fingerprint density at radius 2 is 1.76 bits per heavy atom. The molecular weight excluding hydrogens is 412 g/mol. The Morgan fingerprint density at radius 1 is 1.00 bits per heavy atom. The van der Waals surface area contributed by atoms with Crippen molar-refractivity contribution < 1.29 is 9.59 Å². The number of aromatic nitrogens is 2. The van der Waals surface area contributed by atoms with Crippen LogP contribution in [0.3, 0.4) is 0 Å². The molecule has 1 fully saturated rings. The summed E-state index contributed by atoms with van der Waals surface area (Å²) in [6.07, 6.45) is 4.01. The molecule has 2 heterocycles. The van der Waals surface area contributed by atoms with Crippen LogP contribution in [0, 0.1) is 5.92 Å². The molecule has 0 N–H and O–H groups in total. The maximum Gasteiger partial charge on any atom is 0.228 e. The molecule has 0 aliphatic carbocycles. The van der Waals surface area contributed by atoms with Crippen molar-refractivity contribution in [1.82, 2.24) is 14.7 Å². The molecule has 6 nitrogen and oxygen atoms in total. The normalized spacial score (nSPS) is 15.8. The lowest BCUT2D eigenvalue weighted by Gasteiger charge is -2.22. The maximum absolute atomic E-state index is 13.2. The first-order valence-electron chi connectivity index (χ1n) is 11.2. The number of fused-ring (bicyclic) bond motifs is 1. The van der Waals surface area contributed by atoms with Crippen molar-refractivity contribution in [2.75, 3.05) is 18.5 Å². The maximum atomic E-state index is 13.2. The second-order valence-corrected chi connectivity index (χ2v) is 8.63. The highest BCUT2D eigenvalue weighted by Crippen LogP contribution is 2.32. The smallest absolute Gasteiger partial charge is 0.228 e. The monoisotopic (exact) mass is 438 g/mol. The van der Waals surface area contributed by atoms with Crippen LogP contribution in [0.25, 0.3) is 10.8 Å². The van der Waals surface area contributed by atoms with Gasteiger partial charge in [0.25, 0.3) is 0 Å². The molecule has 2 amide bonds. The predicted octanol–water partition coefficient (Wildman–Crippen LogP) is 4.10. The summed E-state index contributed by atoms with van der Waals surface area (Å²) in [6.45, 7) is 1.56. The molecule has 0 radical (unpaired) electrons. The zero-order valence-electron chi connectivity index (χ0n) is 18.6. The van der Waals surface area contributed by atoms with Crippen LogP contribution in [-0.2, 0) is 22.7 Å². The first kappa shape index (κ1) is 20.9. The summed E-state index contributed by atoms with van der Waals surface area (Å²) in [7, 11) is 1.79. The Balaban J connectivity index is 1.25. The van der Waals surface area contributed by atoms with Crippen molar-refractivity contribution in [2.24, 2.45) is 5.92 Å². The van der Waals surface area contributed by atoms with E-state index in [0.717, 1.165) is 22.0 Å². The van der Waals surface area contributed by atoms with Crippen LogP contribution in [0.2, 0.25) is 0 Å². The number of rotatable bonds is 6. The van der Waals surface area contributed by atoms with E-state index in [1.54, 1.807) is 23.0 Å². The van der Waals surface area contributed by atoms with Crippen LogP contribution in [0.1, 0.15) is 17.5 Å². The van der Waals surface area contributed by atoms with Crippen LogP contribution >= 0.6 is 0 Å². The van der Waals surface area contributed by atoms with Gasteiger partial charge in [0.15, 0.2) is 0 Å². The summed E-state index contributed by atoms with van der Waals surface area (Å²) in [5, 5.41) is 6.54. The molecule has 6 heteroatoms. The third-order valence-electron chi connectivity index (χ3n) is 6.20. The van der Waals surface area contributed by atoms with Gasteiger partial charge in [-0.1, -0.05) is 66.7 Å². The summed E-state index contributed by atoms with van der Waals surface area (Å²) in [5.74, 6) is -0.364. The van der Waals surface area contributed by atoms with Crippen LogP contribution in [0.15, 0.2) is 85.2 Å². The third kappa shape index (κ3) is 4.37. The highest BCUT2D eigenvalue weighted by molar-refractivity contribution is 6.06. The average molecular weight is 439 g/mol. The summed E-state index contributed by atoms with van der Waals surface area (Å²) in [4.78, 5) is 29.4. The van der Waals surface area contributed by atoms with E-state index in [4.69, 9.17) is 0 Å². The predicted molar refractivity (Wildman–Crippen MR) is 129 cm³/mol. The zero-order valence-corrected chi connectivity index (χ0v) is 18.6. The highest BCUT2D eigenvalue weighted by Gasteiger charge is 2.37. The lowest BCUT2D eigenvalue weighted by Crippen LogP contribution is -2.34. The molecule has 3 aromatic carbocycles. The second-order valence-electron chi connectivity index (χ2n) is 8.63. The average Bonchev–Trinajstić information content (AvgIpc) is 3.44. The third-order valence-corrected chi connectivity index (χ3v) is 6.20. The number of amides is 2. The van der Waals surface area contributed by atoms with Gasteiger partial charge in [-0.2, -0.15) is 5.10 Å². The molecule has 0 spiro atoms. The minimum Gasteiger partial charge on any atom is -0.341 e. The summed E-state index contributed by atoms with van der Waals surface area (Å²) in [6, 6.07) is 24.1. The summed E-state index contributed by atoms with van der Waals surface area (Å²) < 4.78 is 1.88. The number of anilines is 1. The Kier molecular flexibility index (Phi) is 5.65. The summed E-state index contributed by atoms with van der Waals surface area (Å²) in [5.41, 5.74) is 3.02. The summed E-state index contributed by atoms with van der Waals surface area (Å²) >= 11 is 0. The molecule has 4 aromatic rings. The topological polar surface area (TPSA) is 58.4 Å².